The summed E-state index contributed by atoms with van der Waals surface area (Å²) < 4.78 is 0. The predicted molar refractivity (Wildman–Crippen MR) is 83.4 cm³/mol. The predicted octanol–water partition coefficient (Wildman–Crippen LogP) is 3.36. The largest absolute Gasteiger partial charge is 0.396 e. The number of aliphatic hydroxyl groups excluding tert-OH is 1. The van der Waals surface area contributed by atoms with E-state index in [-0.39, 0.29) is 12.0 Å². The van der Waals surface area contributed by atoms with Gasteiger partial charge in [0.15, 0.2) is 0 Å². The molecule has 0 saturated carbocycles. The maximum atomic E-state index is 9.66. The first-order chi connectivity index (χ1) is 9.24. The number of fused-ring (bicyclic) bond motifs is 1. The molecule has 0 bridgehead atoms. The van der Waals surface area contributed by atoms with Crippen molar-refractivity contribution < 1.29 is 5.11 Å². The van der Waals surface area contributed by atoms with Crippen molar-refractivity contribution in [3.05, 3.63) is 35.4 Å². The van der Waals surface area contributed by atoms with E-state index in [1.54, 1.807) is 0 Å². The lowest BCUT2D eigenvalue weighted by molar-refractivity contribution is 0.110. The van der Waals surface area contributed by atoms with E-state index in [1.165, 1.54) is 11.1 Å². The van der Waals surface area contributed by atoms with Crippen molar-refractivity contribution in [3.8, 4) is 0 Å². The Balaban J connectivity index is 2.05. The van der Waals surface area contributed by atoms with Crippen LogP contribution in [-0.4, -0.2) is 24.0 Å². The third kappa shape index (κ3) is 3.33. The number of rotatable bonds is 6. The van der Waals surface area contributed by atoms with Crippen molar-refractivity contribution in [3.63, 3.8) is 0 Å². The van der Waals surface area contributed by atoms with Crippen LogP contribution in [-0.2, 0) is 5.75 Å². The van der Waals surface area contributed by atoms with Crippen LogP contribution in [0.1, 0.15) is 43.9 Å². The lowest BCUT2D eigenvalue weighted by Gasteiger charge is -2.34. The number of nitrogens with one attached hydrogen (secondary N) is 1. The van der Waals surface area contributed by atoms with Gasteiger partial charge < -0.3 is 10.4 Å². The molecule has 0 saturated heterocycles. The van der Waals surface area contributed by atoms with Gasteiger partial charge in [-0.05, 0) is 24.0 Å². The minimum atomic E-state index is 0.0387. The highest BCUT2D eigenvalue weighted by Crippen LogP contribution is 2.33. The fourth-order valence-electron chi connectivity index (χ4n) is 2.67. The minimum absolute atomic E-state index is 0.0387. The Morgan fingerprint density at radius 2 is 2.05 bits per heavy atom. The average molecular weight is 279 g/mol. The second-order valence-electron chi connectivity index (χ2n) is 5.51. The summed E-state index contributed by atoms with van der Waals surface area (Å²) in [6, 6.07) is 9.15. The molecule has 1 unspecified atom stereocenters. The van der Waals surface area contributed by atoms with E-state index in [4.69, 9.17) is 0 Å². The summed E-state index contributed by atoms with van der Waals surface area (Å²) >= 11 is 1.99. The zero-order chi connectivity index (χ0) is 13.7. The second kappa shape index (κ2) is 6.78. The molecule has 0 aromatic heterocycles. The van der Waals surface area contributed by atoms with Crippen LogP contribution in [0.15, 0.2) is 24.3 Å². The van der Waals surface area contributed by atoms with Crippen molar-refractivity contribution in [1.29, 1.82) is 0 Å². The highest BCUT2D eigenvalue weighted by Gasteiger charge is 2.27. The highest BCUT2D eigenvalue weighted by atomic mass is 32.2. The normalized spacial score (nSPS) is 19.2. The number of benzene rings is 1. The molecule has 2 N–H and O–H groups in total. The molecule has 0 fully saturated rings. The van der Waals surface area contributed by atoms with E-state index in [0.29, 0.717) is 6.04 Å². The first kappa shape index (κ1) is 14.9. The third-order valence-corrected chi connectivity index (χ3v) is 5.62. The summed E-state index contributed by atoms with van der Waals surface area (Å²) in [4.78, 5) is 0. The van der Waals surface area contributed by atoms with Gasteiger partial charge in [0.2, 0.25) is 0 Å². The summed E-state index contributed by atoms with van der Waals surface area (Å²) in [7, 11) is 0. The summed E-state index contributed by atoms with van der Waals surface area (Å²) in [5.41, 5.74) is 2.94. The molecular formula is C16H25NOS. The molecular weight excluding hydrogens is 254 g/mol. The van der Waals surface area contributed by atoms with Gasteiger partial charge >= 0.3 is 0 Å². The summed E-state index contributed by atoms with van der Waals surface area (Å²) in [5.74, 6) is 2.26. The zero-order valence-electron chi connectivity index (χ0n) is 12.0. The van der Waals surface area contributed by atoms with Crippen LogP contribution < -0.4 is 5.32 Å². The Kier molecular flexibility index (Phi) is 5.31. The van der Waals surface area contributed by atoms with Gasteiger partial charge in [-0.3, -0.25) is 0 Å². The van der Waals surface area contributed by atoms with Crippen LogP contribution in [0, 0.1) is 5.41 Å². The second-order valence-corrected chi connectivity index (χ2v) is 6.54. The van der Waals surface area contributed by atoms with Crippen molar-refractivity contribution in [2.45, 2.75) is 38.5 Å². The molecule has 0 radical (unpaired) electrons. The number of thioether (sulfide) groups is 1. The molecule has 1 atom stereocenters. The fourth-order valence-corrected chi connectivity index (χ4v) is 3.80. The summed E-state index contributed by atoms with van der Waals surface area (Å²) in [6.07, 6.45) is 2.04. The Morgan fingerprint density at radius 3 is 2.74 bits per heavy atom. The molecule has 1 aromatic rings. The maximum absolute atomic E-state index is 9.66. The number of hydrogen-bond acceptors (Lipinski definition) is 3. The van der Waals surface area contributed by atoms with Crippen LogP contribution in [0.4, 0.5) is 0 Å². The maximum Gasteiger partial charge on any atom is 0.0499 e. The SMILES string of the molecule is CCC(CC)(CO)CNC1CSCc2ccccc21. The minimum Gasteiger partial charge on any atom is -0.396 e. The van der Waals surface area contributed by atoms with Gasteiger partial charge in [0.05, 0.1) is 0 Å². The average Bonchev–Trinajstić information content (AvgIpc) is 2.49. The first-order valence-electron chi connectivity index (χ1n) is 7.24. The third-order valence-electron chi connectivity index (χ3n) is 4.53. The van der Waals surface area contributed by atoms with Crippen molar-refractivity contribution in [2.75, 3.05) is 18.9 Å². The van der Waals surface area contributed by atoms with Crippen molar-refractivity contribution in [2.24, 2.45) is 5.41 Å². The standard InChI is InChI=1S/C16H25NOS/c1-3-16(4-2,12-18)11-17-15-10-19-9-13-7-5-6-8-14(13)15/h5-8,15,17-18H,3-4,9-12H2,1-2H3. The molecule has 0 amide bonds. The Bertz CT molecular complexity index is 395. The van der Waals surface area contributed by atoms with Crippen molar-refractivity contribution >= 4 is 11.8 Å². The molecule has 0 spiro atoms. The molecule has 1 aromatic carbocycles. The van der Waals surface area contributed by atoms with Gasteiger partial charge in [0, 0.05) is 36.1 Å². The topological polar surface area (TPSA) is 32.3 Å². The van der Waals surface area contributed by atoms with Crippen LogP contribution >= 0.6 is 11.8 Å². The van der Waals surface area contributed by atoms with Crippen molar-refractivity contribution in [1.82, 2.24) is 5.32 Å². The molecule has 3 heteroatoms. The van der Waals surface area contributed by atoms with Gasteiger partial charge in [-0.1, -0.05) is 38.1 Å². The summed E-state index contributed by atoms with van der Waals surface area (Å²) in [5, 5.41) is 13.3. The molecule has 0 aliphatic carbocycles. The Morgan fingerprint density at radius 1 is 1.32 bits per heavy atom. The van der Waals surface area contributed by atoms with E-state index in [9.17, 15) is 5.11 Å². The highest BCUT2D eigenvalue weighted by molar-refractivity contribution is 7.98. The van der Waals surface area contributed by atoms with Gasteiger partial charge in [-0.2, -0.15) is 11.8 Å². The zero-order valence-corrected chi connectivity index (χ0v) is 12.8. The van der Waals surface area contributed by atoms with Crippen LogP contribution in [0.5, 0.6) is 0 Å². The lowest BCUT2D eigenvalue weighted by atomic mass is 9.83. The first-order valence-corrected chi connectivity index (χ1v) is 8.40. The van der Waals surface area contributed by atoms with Gasteiger partial charge in [-0.15, -0.1) is 0 Å². The monoisotopic (exact) mass is 279 g/mol. The van der Waals surface area contributed by atoms with E-state index in [2.05, 4.69) is 43.4 Å². The van der Waals surface area contributed by atoms with Gasteiger partial charge in [-0.25, -0.2) is 0 Å². The quantitative estimate of drug-likeness (QED) is 0.837. The summed E-state index contributed by atoms with van der Waals surface area (Å²) in [6.45, 7) is 5.51. The van der Waals surface area contributed by atoms with Gasteiger partial charge in [0.25, 0.3) is 0 Å². The molecule has 19 heavy (non-hydrogen) atoms. The molecule has 2 nitrogen and oxygen atoms in total. The van der Waals surface area contributed by atoms with E-state index >= 15 is 0 Å². The molecule has 1 heterocycles. The Hall–Kier alpha value is -0.510. The van der Waals surface area contributed by atoms with E-state index in [0.717, 1.165) is 30.9 Å². The van der Waals surface area contributed by atoms with Crippen LogP contribution in [0.25, 0.3) is 0 Å². The molecule has 106 valence electrons. The number of hydrogen-bond donors (Lipinski definition) is 2. The fraction of sp³-hybridized carbons (Fsp3) is 0.625. The van der Waals surface area contributed by atoms with Crippen LogP contribution in [0.2, 0.25) is 0 Å². The Labute approximate surface area is 121 Å². The number of aliphatic hydroxyl groups is 1. The lowest BCUT2D eigenvalue weighted by Crippen LogP contribution is -2.39. The van der Waals surface area contributed by atoms with Gasteiger partial charge in [0.1, 0.15) is 0 Å². The van der Waals surface area contributed by atoms with E-state index in [1.807, 2.05) is 11.8 Å². The molecule has 2 rings (SSSR count). The molecule has 1 aliphatic heterocycles. The smallest absolute Gasteiger partial charge is 0.0499 e. The molecule has 1 aliphatic rings. The van der Waals surface area contributed by atoms with E-state index < -0.39 is 0 Å². The van der Waals surface area contributed by atoms with Crippen LogP contribution in [0.3, 0.4) is 0 Å².